The normalized spacial score (nSPS) is 20.8. The zero-order valence-corrected chi connectivity index (χ0v) is 8.21. The first-order valence-electron chi connectivity index (χ1n) is 4.42. The molecule has 0 unspecified atom stereocenters. The summed E-state index contributed by atoms with van der Waals surface area (Å²) in [6.45, 7) is 0.498. The molecule has 0 saturated heterocycles. The second-order valence-corrected chi connectivity index (χ2v) is 3.94. The Morgan fingerprint density at radius 1 is 1.57 bits per heavy atom. The summed E-state index contributed by atoms with van der Waals surface area (Å²) in [5.41, 5.74) is 0.780. The van der Waals surface area contributed by atoms with Crippen molar-refractivity contribution in [3.8, 4) is 0 Å². The van der Waals surface area contributed by atoms with Gasteiger partial charge < -0.3 is 0 Å². The summed E-state index contributed by atoms with van der Waals surface area (Å²) in [7, 11) is 0. The van der Waals surface area contributed by atoms with E-state index in [0.29, 0.717) is 12.4 Å². The highest BCUT2D eigenvalue weighted by atomic mass is 35.5. The summed E-state index contributed by atoms with van der Waals surface area (Å²) >= 11 is 5.63. The Morgan fingerprint density at radius 3 is 2.86 bits per heavy atom. The molecule has 0 atom stereocenters. The Bertz CT molecular complexity index is 318. The molecule has 1 aliphatic carbocycles. The van der Waals surface area contributed by atoms with Crippen LogP contribution in [0.2, 0.25) is 0 Å². The van der Waals surface area contributed by atoms with Crippen molar-refractivity contribution in [2.75, 3.05) is 0 Å². The first-order valence-corrected chi connectivity index (χ1v) is 4.95. The van der Waals surface area contributed by atoms with Crippen LogP contribution in [-0.4, -0.2) is 20.9 Å². The maximum absolute atomic E-state index is 12.5. The third kappa shape index (κ3) is 1.87. The number of alkyl halides is 3. The van der Waals surface area contributed by atoms with Crippen LogP contribution < -0.4 is 0 Å². The van der Waals surface area contributed by atoms with Gasteiger partial charge in [0.1, 0.15) is 0 Å². The van der Waals surface area contributed by atoms with Crippen molar-refractivity contribution in [1.82, 2.24) is 15.0 Å². The molecule has 6 heteroatoms. The van der Waals surface area contributed by atoms with Crippen molar-refractivity contribution >= 4 is 11.6 Å². The summed E-state index contributed by atoms with van der Waals surface area (Å²) < 4.78 is 26.7. The summed E-state index contributed by atoms with van der Waals surface area (Å²) in [6.07, 6.45) is 1.47. The fourth-order valence-electron chi connectivity index (χ4n) is 1.69. The minimum Gasteiger partial charge on any atom is -0.248 e. The van der Waals surface area contributed by atoms with Gasteiger partial charge in [0.05, 0.1) is 17.8 Å². The zero-order valence-electron chi connectivity index (χ0n) is 7.46. The van der Waals surface area contributed by atoms with E-state index in [0.717, 1.165) is 5.69 Å². The number of hydrogen-bond donors (Lipinski definition) is 0. The van der Waals surface area contributed by atoms with Crippen molar-refractivity contribution in [3.05, 3.63) is 11.9 Å². The predicted molar refractivity (Wildman–Crippen MR) is 47.3 cm³/mol. The fourth-order valence-corrected chi connectivity index (χ4v) is 1.90. The van der Waals surface area contributed by atoms with Gasteiger partial charge in [0.25, 0.3) is 0 Å². The van der Waals surface area contributed by atoms with Crippen LogP contribution in [0.4, 0.5) is 8.78 Å². The van der Waals surface area contributed by atoms with E-state index in [4.69, 9.17) is 11.6 Å². The molecule has 1 aromatic heterocycles. The van der Waals surface area contributed by atoms with Gasteiger partial charge in [0.2, 0.25) is 5.92 Å². The molecule has 1 heterocycles. The van der Waals surface area contributed by atoms with Gasteiger partial charge in [-0.05, 0) is 5.92 Å². The van der Waals surface area contributed by atoms with Gasteiger partial charge in [-0.15, -0.1) is 16.7 Å². The Morgan fingerprint density at radius 2 is 2.29 bits per heavy atom. The summed E-state index contributed by atoms with van der Waals surface area (Å²) in [5, 5.41) is 7.48. The highest BCUT2D eigenvalue weighted by molar-refractivity contribution is 6.16. The molecule has 1 aliphatic rings. The third-order valence-corrected chi connectivity index (χ3v) is 2.71. The van der Waals surface area contributed by atoms with Crippen LogP contribution in [0.15, 0.2) is 6.20 Å². The van der Waals surface area contributed by atoms with E-state index in [1.54, 1.807) is 10.9 Å². The summed E-state index contributed by atoms with van der Waals surface area (Å²) in [6, 6.07) is 0. The molecule has 0 bridgehead atoms. The Kier molecular flexibility index (Phi) is 2.43. The van der Waals surface area contributed by atoms with Crippen molar-refractivity contribution in [1.29, 1.82) is 0 Å². The Hall–Kier alpha value is -0.710. The van der Waals surface area contributed by atoms with Crippen LogP contribution in [0.3, 0.4) is 0 Å². The first kappa shape index (κ1) is 9.83. The Balaban J connectivity index is 1.93. The van der Waals surface area contributed by atoms with Gasteiger partial charge in [-0.2, -0.15) is 0 Å². The molecule has 0 radical (unpaired) electrons. The standard InChI is InChI=1S/C8H10ClF2N3/c9-3-7-4-12-13-14(7)5-6-1-8(10,11)2-6/h4,6H,1-3,5H2. The van der Waals surface area contributed by atoms with E-state index >= 15 is 0 Å². The number of halogens is 3. The average Bonchev–Trinajstić information content (AvgIpc) is 2.48. The van der Waals surface area contributed by atoms with Crippen LogP contribution in [0, 0.1) is 5.92 Å². The number of nitrogens with zero attached hydrogens (tertiary/aromatic N) is 3. The maximum atomic E-state index is 12.5. The van der Waals surface area contributed by atoms with Gasteiger partial charge in [0, 0.05) is 19.4 Å². The monoisotopic (exact) mass is 221 g/mol. The smallest absolute Gasteiger partial charge is 0.248 e. The van der Waals surface area contributed by atoms with Gasteiger partial charge in [-0.1, -0.05) is 5.21 Å². The van der Waals surface area contributed by atoms with Gasteiger partial charge in [-0.3, -0.25) is 0 Å². The highest BCUT2D eigenvalue weighted by Crippen LogP contribution is 2.43. The summed E-state index contributed by atoms with van der Waals surface area (Å²) in [5.74, 6) is -2.14. The van der Waals surface area contributed by atoms with Crippen molar-refractivity contribution < 1.29 is 8.78 Å². The second kappa shape index (κ2) is 3.46. The van der Waals surface area contributed by atoms with E-state index < -0.39 is 5.92 Å². The van der Waals surface area contributed by atoms with E-state index in [2.05, 4.69) is 10.3 Å². The van der Waals surface area contributed by atoms with Gasteiger partial charge in [0.15, 0.2) is 0 Å². The van der Waals surface area contributed by atoms with Crippen LogP contribution >= 0.6 is 11.6 Å². The minimum atomic E-state index is -2.47. The van der Waals surface area contributed by atoms with E-state index in [9.17, 15) is 8.78 Å². The Labute approximate surface area is 85.0 Å². The predicted octanol–water partition coefficient (Wildman–Crippen LogP) is 2.06. The highest BCUT2D eigenvalue weighted by Gasteiger charge is 2.45. The molecular weight excluding hydrogens is 212 g/mol. The summed E-state index contributed by atoms with van der Waals surface area (Å²) in [4.78, 5) is 0. The molecule has 3 nitrogen and oxygen atoms in total. The average molecular weight is 222 g/mol. The van der Waals surface area contributed by atoms with Gasteiger partial charge in [-0.25, -0.2) is 13.5 Å². The lowest BCUT2D eigenvalue weighted by Gasteiger charge is -2.34. The first-order chi connectivity index (χ1) is 6.61. The minimum absolute atomic E-state index is 0.00802. The molecule has 0 N–H and O–H groups in total. The lowest BCUT2D eigenvalue weighted by Crippen LogP contribution is -2.38. The molecule has 0 amide bonds. The van der Waals surface area contributed by atoms with E-state index in [1.807, 2.05) is 0 Å². The lowest BCUT2D eigenvalue weighted by atomic mass is 9.81. The van der Waals surface area contributed by atoms with Crippen molar-refractivity contribution in [2.45, 2.75) is 31.2 Å². The van der Waals surface area contributed by atoms with Crippen LogP contribution in [0.1, 0.15) is 18.5 Å². The van der Waals surface area contributed by atoms with E-state index in [-0.39, 0.29) is 18.8 Å². The van der Waals surface area contributed by atoms with Crippen molar-refractivity contribution in [2.24, 2.45) is 5.92 Å². The number of rotatable bonds is 3. The maximum Gasteiger partial charge on any atom is 0.248 e. The quantitative estimate of drug-likeness (QED) is 0.732. The third-order valence-electron chi connectivity index (χ3n) is 2.44. The molecular formula is C8H10ClF2N3. The van der Waals surface area contributed by atoms with Gasteiger partial charge >= 0.3 is 0 Å². The SMILES string of the molecule is FC1(F)CC(Cn2nncc2CCl)C1. The molecule has 0 aliphatic heterocycles. The molecule has 14 heavy (non-hydrogen) atoms. The molecule has 78 valence electrons. The molecule has 0 aromatic carbocycles. The zero-order chi connectivity index (χ0) is 10.2. The fraction of sp³-hybridized carbons (Fsp3) is 0.750. The molecule has 2 rings (SSSR count). The second-order valence-electron chi connectivity index (χ2n) is 3.67. The lowest BCUT2D eigenvalue weighted by molar-refractivity contribution is -0.114. The molecule has 0 spiro atoms. The number of hydrogen-bond acceptors (Lipinski definition) is 2. The van der Waals surface area contributed by atoms with Crippen LogP contribution in [-0.2, 0) is 12.4 Å². The topological polar surface area (TPSA) is 30.7 Å². The van der Waals surface area contributed by atoms with Crippen molar-refractivity contribution in [3.63, 3.8) is 0 Å². The molecule has 1 fully saturated rings. The largest absolute Gasteiger partial charge is 0.248 e. The van der Waals surface area contributed by atoms with Crippen LogP contribution in [0.5, 0.6) is 0 Å². The number of aromatic nitrogens is 3. The molecule has 1 saturated carbocycles. The van der Waals surface area contributed by atoms with Crippen LogP contribution in [0.25, 0.3) is 0 Å². The molecule has 1 aromatic rings. The van der Waals surface area contributed by atoms with E-state index in [1.165, 1.54) is 0 Å².